The van der Waals surface area contributed by atoms with Gasteiger partial charge in [0.05, 0.1) is 18.0 Å². The van der Waals surface area contributed by atoms with Crippen LogP contribution in [0.3, 0.4) is 0 Å². The molecule has 1 saturated carbocycles. The fourth-order valence-corrected chi connectivity index (χ4v) is 3.03. The zero-order valence-corrected chi connectivity index (χ0v) is 11.2. The van der Waals surface area contributed by atoms with E-state index in [-0.39, 0.29) is 0 Å². The van der Waals surface area contributed by atoms with E-state index in [0.29, 0.717) is 5.92 Å². The minimum Gasteiger partial charge on any atom is -0.275 e. The van der Waals surface area contributed by atoms with Gasteiger partial charge in [-0.05, 0) is 19.8 Å². The highest BCUT2D eigenvalue weighted by molar-refractivity contribution is 7.09. The molecule has 2 aromatic rings. The van der Waals surface area contributed by atoms with Gasteiger partial charge < -0.3 is 0 Å². The first-order valence-corrected chi connectivity index (χ1v) is 6.88. The molecule has 0 N–H and O–H groups in total. The Morgan fingerprint density at radius 2 is 2.33 bits per heavy atom. The van der Waals surface area contributed by atoms with Gasteiger partial charge in [-0.2, -0.15) is 10.4 Å². The zero-order chi connectivity index (χ0) is 12.8. The Bertz CT molecular complexity index is 617. The maximum Gasteiger partial charge on any atom is 0.134 e. The Morgan fingerprint density at radius 3 is 2.89 bits per heavy atom. The minimum atomic E-state index is -0.688. The number of hydrogen-bond donors (Lipinski definition) is 0. The van der Waals surface area contributed by atoms with Crippen LogP contribution in [0.4, 0.5) is 0 Å². The smallest absolute Gasteiger partial charge is 0.134 e. The Balaban J connectivity index is 2.02. The highest BCUT2D eigenvalue weighted by Gasteiger charge is 2.35. The number of thiazole rings is 1. The monoisotopic (exact) mass is 258 g/mol. The van der Waals surface area contributed by atoms with Crippen molar-refractivity contribution in [2.24, 2.45) is 7.05 Å². The summed E-state index contributed by atoms with van der Waals surface area (Å²) in [6.45, 7) is 1.92. The third-order valence-electron chi connectivity index (χ3n) is 3.45. The van der Waals surface area contributed by atoms with Crippen molar-refractivity contribution in [1.29, 1.82) is 5.26 Å². The van der Waals surface area contributed by atoms with Gasteiger partial charge in [-0.3, -0.25) is 4.68 Å². The minimum absolute atomic E-state index is 0.631. The average Bonchev–Trinajstić information content (AvgIpc) is 2.93. The second kappa shape index (κ2) is 3.92. The molecule has 3 rings (SSSR count). The van der Waals surface area contributed by atoms with Gasteiger partial charge in [-0.15, -0.1) is 11.3 Å². The predicted octanol–water partition coefficient (Wildman–Crippen LogP) is 2.58. The predicted molar refractivity (Wildman–Crippen MR) is 69.4 cm³/mol. The van der Waals surface area contributed by atoms with Crippen molar-refractivity contribution in [3.05, 3.63) is 34.0 Å². The topological polar surface area (TPSA) is 54.5 Å². The Morgan fingerprint density at radius 1 is 1.56 bits per heavy atom. The zero-order valence-electron chi connectivity index (χ0n) is 10.4. The molecule has 2 aromatic heterocycles. The summed E-state index contributed by atoms with van der Waals surface area (Å²) in [5, 5.41) is 16.7. The molecule has 5 heteroatoms. The summed E-state index contributed by atoms with van der Waals surface area (Å²) in [5.41, 5.74) is 1.37. The van der Waals surface area contributed by atoms with Crippen LogP contribution in [0, 0.1) is 11.3 Å². The van der Waals surface area contributed by atoms with Crippen LogP contribution < -0.4 is 0 Å². The Hall–Kier alpha value is -1.67. The number of nitrogens with zero attached hydrogens (tertiary/aromatic N) is 4. The molecule has 18 heavy (non-hydrogen) atoms. The van der Waals surface area contributed by atoms with Crippen molar-refractivity contribution >= 4 is 11.3 Å². The molecule has 0 radical (unpaired) electrons. The number of rotatable bonds is 3. The van der Waals surface area contributed by atoms with E-state index in [2.05, 4.69) is 21.5 Å². The van der Waals surface area contributed by atoms with E-state index < -0.39 is 5.41 Å². The molecule has 1 unspecified atom stereocenters. The lowest BCUT2D eigenvalue weighted by Crippen LogP contribution is -2.20. The van der Waals surface area contributed by atoms with Crippen molar-refractivity contribution in [2.45, 2.75) is 31.1 Å². The Labute approximate surface area is 110 Å². The third kappa shape index (κ3) is 1.73. The van der Waals surface area contributed by atoms with E-state index >= 15 is 0 Å². The van der Waals surface area contributed by atoms with E-state index in [0.717, 1.165) is 16.3 Å². The largest absolute Gasteiger partial charge is 0.275 e. The van der Waals surface area contributed by atoms with Crippen molar-refractivity contribution in [3.63, 3.8) is 0 Å². The van der Waals surface area contributed by atoms with Gasteiger partial charge >= 0.3 is 0 Å². The summed E-state index contributed by atoms with van der Waals surface area (Å²) < 4.78 is 1.72. The molecular weight excluding hydrogens is 244 g/mol. The summed E-state index contributed by atoms with van der Waals surface area (Å²) in [6, 6.07) is 2.39. The highest BCUT2D eigenvalue weighted by Crippen LogP contribution is 2.42. The van der Waals surface area contributed by atoms with Crippen molar-refractivity contribution < 1.29 is 0 Å². The van der Waals surface area contributed by atoms with Crippen LogP contribution in [-0.4, -0.2) is 14.8 Å². The van der Waals surface area contributed by atoms with Gasteiger partial charge in [0.15, 0.2) is 0 Å². The van der Waals surface area contributed by atoms with Crippen LogP contribution in [-0.2, 0) is 12.5 Å². The molecule has 1 atom stereocenters. The quantitative estimate of drug-likeness (QED) is 0.850. The third-order valence-corrected chi connectivity index (χ3v) is 4.53. The molecule has 0 aliphatic heterocycles. The fourth-order valence-electron chi connectivity index (χ4n) is 2.00. The summed E-state index contributed by atoms with van der Waals surface area (Å²) >= 11 is 1.58. The maximum absolute atomic E-state index is 9.54. The first-order valence-electron chi connectivity index (χ1n) is 6.00. The van der Waals surface area contributed by atoms with Crippen molar-refractivity contribution in [2.75, 3.05) is 0 Å². The van der Waals surface area contributed by atoms with Crippen LogP contribution in [0.15, 0.2) is 17.8 Å². The average molecular weight is 258 g/mol. The summed E-state index contributed by atoms with van der Waals surface area (Å²) in [7, 11) is 1.86. The summed E-state index contributed by atoms with van der Waals surface area (Å²) in [6.07, 6.45) is 6.11. The van der Waals surface area contributed by atoms with E-state index in [1.807, 2.05) is 20.2 Å². The molecule has 0 saturated heterocycles. The molecule has 0 aromatic carbocycles. The first kappa shape index (κ1) is 11.4. The highest BCUT2D eigenvalue weighted by atomic mass is 32.1. The lowest BCUT2D eigenvalue weighted by atomic mass is 9.87. The van der Waals surface area contributed by atoms with Crippen LogP contribution in [0.5, 0.6) is 0 Å². The van der Waals surface area contributed by atoms with Gasteiger partial charge in [-0.25, -0.2) is 4.98 Å². The molecule has 2 heterocycles. The summed E-state index contributed by atoms with van der Waals surface area (Å²) in [5.74, 6) is 0.631. The van der Waals surface area contributed by atoms with E-state index in [1.165, 1.54) is 12.8 Å². The SMILES string of the molecule is Cn1cc(C(C)(C#N)c2nc(C3CC3)cs2)cn1. The number of aryl methyl sites for hydroxylation is 1. The molecule has 1 aliphatic rings. The molecule has 1 aliphatic carbocycles. The lowest BCUT2D eigenvalue weighted by molar-refractivity contribution is 0.720. The summed E-state index contributed by atoms with van der Waals surface area (Å²) in [4.78, 5) is 4.66. The van der Waals surface area contributed by atoms with Crippen LogP contribution in [0.2, 0.25) is 0 Å². The molecule has 4 nitrogen and oxygen atoms in total. The van der Waals surface area contributed by atoms with Gasteiger partial charge in [-0.1, -0.05) is 0 Å². The number of nitriles is 1. The van der Waals surface area contributed by atoms with Gasteiger partial charge in [0, 0.05) is 30.1 Å². The number of hydrogen-bond acceptors (Lipinski definition) is 4. The molecule has 0 spiro atoms. The van der Waals surface area contributed by atoms with Crippen LogP contribution in [0.25, 0.3) is 0 Å². The first-order chi connectivity index (χ1) is 8.63. The lowest BCUT2D eigenvalue weighted by Gasteiger charge is -2.16. The van der Waals surface area contributed by atoms with Gasteiger partial charge in [0.2, 0.25) is 0 Å². The van der Waals surface area contributed by atoms with Crippen LogP contribution in [0.1, 0.15) is 41.9 Å². The maximum atomic E-state index is 9.54. The van der Waals surface area contributed by atoms with Crippen LogP contribution >= 0.6 is 11.3 Å². The standard InChI is InChI=1S/C13H14N4S/c1-13(8-14,10-5-15-17(2)6-10)12-16-11(7-18-12)9-3-4-9/h5-7,9H,3-4H2,1-2H3. The van der Waals surface area contributed by atoms with E-state index in [4.69, 9.17) is 0 Å². The molecular formula is C13H14N4S. The second-order valence-corrected chi connectivity index (χ2v) is 5.85. The molecule has 0 amide bonds. The molecule has 1 fully saturated rings. The van der Waals surface area contributed by atoms with Gasteiger partial charge in [0.25, 0.3) is 0 Å². The molecule has 0 bridgehead atoms. The van der Waals surface area contributed by atoms with Gasteiger partial charge in [0.1, 0.15) is 10.4 Å². The van der Waals surface area contributed by atoms with Crippen molar-refractivity contribution in [3.8, 4) is 6.07 Å². The van der Waals surface area contributed by atoms with Crippen molar-refractivity contribution in [1.82, 2.24) is 14.8 Å². The normalized spacial score (nSPS) is 18.3. The second-order valence-electron chi connectivity index (χ2n) is 4.99. The number of aromatic nitrogens is 3. The molecule has 92 valence electrons. The van der Waals surface area contributed by atoms with E-state index in [1.54, 1.807) is 22.2 Å². The van der Waals surface area contributed by atoms with E-state index in [9.17, 15) is 5.26 Å². The Kier molecular flexibility index (Phi) is 2.49. The fraction of sp³-hybridized carbons (Fsp3) is 0.462.